The molecule has 2 aliphatic rings. The van der Waals surface area contributed by atoms with Crippen molar-refractivity contribution in [1.82, 2.24) is 4.90 Å². The van der Waals surface area contributed by atoms with Gasteiger partial charge in [-0.25, -0.2) is 8.42 Å². The van der Waals surface area contributed by atoms with E-state index >= 15 is 0 Å². The SMILES string of the molecule is COc1cc(CC(=O)N2CCCC3(CCS(=O)(=O)C3)C2)ccc1C. The summed E-state index contributed by atoms with van der Waals surface area (Å²) in [5.41, 5.74) is 1.76. The van der Waals surface area contributed by atoms with Crippen molar-refractivity contribution in [2.45, 2.75) is 32.6 Å². The summed E-state index contributed by atoms with van der Waals surface area (Å²) in [6, 6.07) is 5.82. The monoisotopic (exact) mass is 351 g/mol. The van der Waals surface area contributed by atoms with E-state index in [2.05, 4.69) is 0 Å². The van der Waals surface area contributed by atoms with Crippen molar-refractivity contribution in [3.05, 3.63) is 29.3 Å². The molecule has 6 heteroatoms. The van der Waals surface area contributed by atoms with Crippen molar-refractivity contribution < 1.29 is 17.9 Å². The number of methoxy groups -OCH3 is 1. The molecule has 1 aromatic carbocycles. The van der Waals surface area contributed by atoms with Gasteiger partial charge in [0.15, 0.2) is 9.84 Å². The minimum absolute atomic E-state index is 0.0734. The van der Waals surface area contributed by atoms with Gasteiger partial charge < -0.3 is 9.64 Å². The molecule has 1 aromatic rings. The van der Waals surface area contributed by atoms with Gasteiger partial charge in [-0.05, 0) is 43.4 Å². The Hall–Kier alpha value is -1.56. The highest BCUT2D eigenvalue weighted by Crippen LogP contribution is 2.40. The Kier molecular flexibility index (Phi) is 4.60. The van der Waals surface area contributed by atoms with Gasteiger partial charge in [-0.1, -0.05) is 12.1 Å². The van der Waals surface area contributed by atoms with E-state index in [1.807, 2.05) is 30.0 Å². The lowest BCUT2D eigenvalue weighted by Crippen LogP contribution is -2.47. The molecule has 24 heavy (non-hydrogen) atoms. The van der Waals surface area contributed by atoms with Gasteiger partial charge in [0.05, 0.1) is 25.0 Å². The molecule has 5 nitrogen and oxygen atoms in total. The third-order valence-corrected chi connectivity index (χ3v) is 7.19. The Bertz CT molecular complexity index is 743. The topological polar surface area (TPSA) is 63.7 Å². The number of hydrogen-bond donors (Lipinski definition) is 0. The van der Waals surface area contributed by atoms with E-state index in [-0.39, 0.29) is 22.8 Å². The molecule has 3 rings (SSSR count). The summed E-state index contributed by atoms with van der Waals surface area (Å²) in [5.74, 6) is 1.37. The number of rotatable bonds is 3. The zero-order valence-electron chi connectivity index (χ0n) is 14.4. The third-order valence-electron chi connectivity index (χ3n) is 5.31. The van der Waals surface area contributed by atoms with E-state index in [1.165, 1.54) is 0 Å². The molecule has 0 N–H and O–H groups in total. The van der Waals surface area contributed by atoms with Crippen LogP contribution in [0.2, 0.25) is 0 Å². The fourth-order valence-corrected chi connectivity index (χ4v) is 6.19. The lowest BCUT2D eigenvalue weighted by Gasteiger charge is -2.39. The minimum Gasteiger partial charge on any atom is -0.496 e. The van der Waals surface area contributed by atoms with Crippen LogP contribution in [0.3, 0.4) is 0 Å². The molecular formula is C18H25NO4S. The van der Waals surface area contributed by atoms with Crippen LogP contribution < -0.4 is 4.74 Å². The largest absolute Gasteiger partial charge is 0.496 e. The Morgan fingerprint density at radius 3 is 2.79 bits per heavy atom. The van der Waals surface area contributed by atoms with Crippen LogP contribution >= 0.6 is 0 Å². The van der Waals surface area contributed by atoms with Crippen LogP contribution in [0, 0.1) is 12.3 Å². The smallest absolute Gasteiger partial charge is 0.227 e. The maximum absolute atomic E-state index is 12.7. The summed E-state index contributed by atoms with van der Waals surface area (Å²) in [5, 5.41) is 0. The maximum Gasteiger partial charge on any atom is 0.227 e. The van der Waals surface area contributed by atoms with E-state index in [0.717, 1.165) is 36.3 Å². The maximum atomic E-state index is 12.7. The van der Waals surface area contributed by atoms with Gasteiger partial charge >= 0.3 is 0 Å². The van der Waals surface area contributed by atoms with Gasteiger partial charge in [0.1, 0.15) is 5.75 Å². The lowest BCUT2D eigenvalue weighted by molar-refractivity contribution is -0.133. The first-order valence-electron chi connectivity index (χ1n) is 8.44. The standard InChI is InChI=1S/C18H25NO4S/c1-14-4-5-15(10-16(14)23-2)11-17(20)19-8-3-6-18(12-19)7-9-24(21,22)13-18/h4-5,10H,3,6-9,11-13H2,1-2H3. The fraction of sp³-hybridized carbons (Fsp3) is 0.611. The number of carbonyl (C=O) groups excluding carboxylic acids is 1. The molecule has 2 aliphatic heterocycles. The third kappa shape index (κ3) is 3.58. The second-order valence-corrected chi connectivity index (χ2v) is 9.43. The van der Waals surface area contributed by atoms with Crippen LogP contribution in [-0.4, -0.2) is 50.9 Å². The molecule has 0 aromatic heterocycles. The van der Waals surface area contributed by atoms with Crippen molar-refractivity contribution in [2.24, 2.45) is 5.41 Å². The predicted octanol–water partition coefficient (Wildman–Crippen LogP) is 1.97. The van der Waals surface area contributed by atoms with Gasteiger partial charge in [0.2, 0.25) is 5.91 Å². The number of sulfone groups is 1. The summed E-state index contributed by atoms with van der Waals surface area (Å²) in [4.78, 5) is 14.5. The fourth-order valence-electron chi connectivity index (χ4n) is 3.99. The average molecular weight is 351 g/mol. The molecule has 1 unspecified atom stereocenters. The van der Waals surface area contributed by atoms with E-state index in [1.54, 1.807) is 7.11 Å². The summed E-state index contributed by atoms with van der Waals surface area (Å²) in [6.07, 6.45) is 2.82. The van der Waals surface area contributed by atoms with Crippen molar-refractivity contribution in [1.29, 1.82) is 0 Å². The summed E-state index contributed by atoms with van der Waals surface area (Å²) < 4.78 is 29.0. The number of aryl methyl sites for hydroxylation is 1. The van der Waals surface area contributed by atoms with Gasteiger partial charge in [0.25, 0.3) is 0 Å². The molecule has 0 aliphatic carbocycles. The lowest BCUT2D eigenvalue weighted by atomic mass is 9.79. The molecule has 2 heterocycles. The zero-order valence-corrected chi connectivity index (χ0v) is 15.2. The first-order valence-corrected chi connectivity index (χ1v) is 10.3. The quantitative estimate of drug-likeness (QED) is 0.835. The Labute approximate surface area is 143 Å². The number of nitrogens with zero attached hydrogens (tertiary/aromatic N) is 1. The van der Waals surface area contributed by atoms with Crippen molar-refractivity contribution in [2.75, 3.05) is 31.7 Å². The average Bonchev–Trinajstić information content (AvgIpc) is 2.83. The normalized spacial score (nSPS) is 25.8. The van der Waals surface area contributed by atoms with Gasteiger partial charge in [0, 0.05) is 18.5 Å². The van der Waals surface area contributed by atoms with E-state index in [4.69, 9.17) is 4.74 Å². The highest BCUT2D eigenvalue weighted by molar-refractivity contribution is 7.91. The number of likely N-dealkylation sites (tertiary alicyclic amines) is 1. The second kappa shape index (κ2) is 6.39. The van der Waals surface area contributed by atoms with Crippen LogP contribution in [-0.2, 0) is 21.1 Å². The number of carbonyl (C=O) groups is 1. The van der Waals surface area contributed by atoms with E-state index in [9.17, 15) is 13.2 Å². The molecular weight excluding hydrogens is 326 g/mol. The molecule has 132 valence electrons. The Morgan fingerprint density at radius 1 is 1.33 bits per heavy atom. The number of amides is 1. The first-order chi connectivity index (χ1) is 11.3. The van der Waals surface area contributed by atoms with Crippen molar-refractivity contribution >= 4 is 15.7 Å². The van der Waals surface area contributed by atoms with Crippen molar-refractivity contribution in [3.63, 3.8) is 0 Å². The predicted molar refractivity (Wildman–Crippen MR) is 93.0 cm³/mol. The van der Waals surface area contributed by atoms with Gasteiger partial charge in [-0.2, -0.15) is 0 Å². The summed E-state index contributed by atoms with van der Waals surface area (Å²) in [7, 11) is -1.30. The minimum atomic E-state index is -2.93. The molecule has 0 radical (unpaired) electrons. The van der Waals surface area contributed by atoms with Crippen LogP contribution in [0.5, 0.6) is 5.75 Å². The van der Waals surface area contributed by atoms with Gasteiger partial charge in [-0.3, -0.25) is 4.79 Å². The number of benzene rings is 1. The molecule has 1 amide bonds. The molecule has 1 spiro atoms. The molecule has 1 atom stereocenters. The summed E-state index contributed by atoms with van der Waals surface area (Å²) >= 11 is 0. The number of hydrogen-bond acceptors (Lipinski definition) is 4. The number of piperidine rings is 1. The highest BCUT2D eigenvalue weighted by atomic mass is 32.2. The number of ether oxygens (including phenoxy) is 1. The van der Waals surface area contributed by atoms with E-state index < -0.39 is 9.84 Å². The van der Waals surface area contributed by atoms with E-state index in [0.29, 0.717) is 19.4 Å². The van der Waals surface area contributed by atoms with Crippen LogP contribution in [0.25, 0.3) is 0 Å². The van der Waals surface area contributed by atoms with Crippen molar-refractivity contribution in [3.8, 4) is 5.75 Å². The van der Waals surface area contributed by atoms with Crippen LogP contribution in [0.15, 0.2) is 18.2 Å². The molecule has 2 saturated heterocycles. The first kappa shape index (κ1) is 17.3. The highest BCUT2D eigenvalue weighted by Gasteiger charge is 2.45. The summed E-state index contributed by atoms with van der Waals surface area (Å²) in [6.45, 7) is 3.27. The zero-order chi connectivity index (χ0) is 17.4. The van der Waals surface area contributed by atoms with Crippen LogP contribution in [0.4, 0.5) is 0 Å². The Morgan fingerprint density at radius 2 is 2.12 bits per heavy atom. The molecule has 0 saturated carbocycles. The molecule has 0 bridgehead atoms. The Balaban J connectivity index is 1.69. The second-order valence-electron chi connectivity index (χ2n) is 7.24. The van der Waals surface area contributed by atoms with Crippen LogP contribution in [0.1, 0.15) is 30.4 Å². The van der Waals surface area contributed by atoms with Gasteiger partial charge in [-0.15, -0.1) is 0 Å². The molecule has 2 fully saturated rings.